The third-order valence-corrected chi connectivity index (χ3v) is 2.51. The van der Waals surface area contributed by atoms with E-state index in [1.807, 2.05) is 7.05 Å². The molecule has 1 heteroatoms. The van der Waals surface area contributed by atoms with Crippen molar-refractivity contribution in [2.24, 2.45) is 0 Å². The minimum absolute atomic E-state index is 1.21. The summed E-state index contributed by atoms with van der Waals surface area (Å²) in [5, 5.41) is 3.21. The van der Waals surface area contributed by atoms with Crippen LogP contribution in [0.1, 0.15) is 30.9 Å². The van der Waals surface area contributed by atoms with Gasteiger partial charge in [-0.1, -0.05) is 25.5 Å². The standard InChI is InChI=1S/C12H19N/c1-4-5-7-11-8-6-9-12(13-3)10(11)2/h6,8-9,13H,4-5,7H2,1-3H3. The van der Waals surface area contributed by atoms with E-state index in [1.54, 1.807) is 0 Å². The molecule has 0 aromatic heterocycles. The summed E-state index contributed by atoms with van der Waals surface area (Å²) < 4.78 is 0. The molecule has 0 aliphatic carbocycles. The zero-order valence-corrected chi connectivity index (χ0v) is 8.85. The highest BCUT2D eigenvalue weighted by molar-refractivity contribution is 5.53. The van der Waals surface area contributed by atoms with Crippen molar-refractivity contribution in [3.8, 4) is 0 Å². The Labute approximate surface area is 81.2 Å². The van der Waals surface area contributed by atoms with Crippen molar-refractivity contribution in [3.63, 3.8) is 0 Å². The fourth-order valence-corrected chi connectivity index (χ4v) is 1.59. The molecular formula is C12H19N. The van der Waals surface area contributed by atoms with Gasteiger partial charge in [-0.2, -0.15) is 0 Å². The van der Waals surface area contributed by atoms with Gasteiger partial charge in [-0.3, -0.25) is 0 Å². The Morgan fingerprint density at radius 1 is 1.31 bits per heavy atom. The number of rotatable bonds is 4. The van der Waals surface area contributed by atoms with Crippen molar-refractivity contribution < 1.29 is 0 Å². The number of hydrogen-bond donors (Lipinski definition) is 1. The molecule has 72 valence electrons. The van der Waals surface area contributed by atoms with Gasteiger partial charge in [0, 0.05) is 12.7 Å². The minimum atomic E-state index is 1.21. The molecule has 1 nitrogen and oxygen atoms in total. The van der Waals surface area contributed by atoms with Crippen molar-refractivity contribution in [1.82, 2.24) is 0 Å². The van der Waals surface area contributed by atoms with Crippen molar-refractivity contribution in [2.75, 3.05) is 12.4 Å². The zero-order chi connectivity index (χ0) is 9.68. The lowest BCUT2D eigenvalue weighted by Gasteiger charge is -2.10. The van der Waals surface area contributed by atoms with Gasteiger partial charge in [-0.05, 0) is 37.0 Å². The third kappa shape index (κ3) is 2.48. The smallest absolute Gasteiger partial charge is 0.0370 e. The van der Waals surface area contributed by atoms with Crippen molar-refractivity contribution in [1.29, 1.82) is 0 Å². The minimum Gasteiger partial charge on any atom is -0.388 e. The molecule has 13 heavy (non-hydrogen) atoms. The van der Waals surface area contributed by atoms with Crippen LogP contribution in [-0.2, 0) is 6.42 Å². The van der Waals surface area contributed by atoms with E-state index in [2.05, 4.69) is 37.4 Å². The van der Waals surface area contributed by atoms with Gasteiger partial charge in [0.2, 0.25) is 0 Å². The fraction of sp³-hybridized carbons (Fsp3) is 0.500. The maximum absolute atomic E-state index is 3.21. The monoisotopic (exact) mass is 177 g/mol. The molecule has 0 unspecified atom stereocenters. The van der Waals surface area contributed by atoms with Gasteiger partial charge in [0.1, 0.15) is 0 Å². The van der Waals surface area contributed by atoms with Crippen LogP contribution in [0.4, 0.5) is 5.69 Å². The lowest BCUT2D eigenvalue weighted by molar-refractivity contribution is 0.791. The molecule has 0 aliphatic rings. The number of benzene rings is 1. The van der Waals surface area contributed by atoms with Crippen LogP contribution in [0.3, 0.4) is 0 Å². The van der Waals surface area contributed by atoms with Crippen LogP contribution >= 0.6 is 0 Å². The van der Waals surface area contributed by atoms with Gasteiger partial charge in [0.25, 0.3) is 0 Å². The van der Waals surface area contributed by atoms with Crippen LogP contribution in [0.25, 0.3) is 0 Å². The maximum Gasteiger partial charge on any atom is 0.0370 e. The van der Waals surface area contributed by atoms with Crippen LogP contribution in [-0.4, -0.2) is 7.05 Å². The summed E-state index contributed by atoms with van der Waals surface area (Å²) in [6.07, 6.45) is 3.76. The molecule has 0 aliphatic heterocycles. The summed E-state index contributed by atoms with van der Waals surface area (Å²) in [5.41, 5.74) is 4.14. The van der Waals surface area contributed by atoms with Crippen molar-refractivity contribution in [2.45, 2.75) is 33.1 Å². The van der Waals surface area contributed by atoms with Crippen LogP contribution in [0.5, 0.6) is 0 Å². The van der Waals surface area contributed by atoms with Crippen LogP contribution < -0.4 is 5.32 Å². The average molecular weight is 177 g/mol. The second-order valence-electron chi connectivity index (χ2n) is 3.44. The fourth-order valence-electron chi connectivity index (χ4n) is 1.59. The summed E-state index contributed by atoms with van der Waals surface area (Å²) in [6.45, 7) is 4.42. The van der Waals surface area contributed by atoms with E-state index >= 15 is 0 Å². The highest BCUT2D eigenvalue weighted by atomic mass is 14.8. The molecule has 0 saturated carbocycles. The highest BCUT2D eigenvalue weighted by Crippen LogP contribution is 2.19. The van der Waals surface area contributed by atoms with E-state index in [0.717, 1.165) is 0 Å². The first kappa shape index (κ1) is 10.1. The van der Waals surface area contributed by atoms with Gasteiger partial charge < -0.3 is 5.32 Å². The van der Waals surface area contributed by atoms with Gasteiger partial charge in [0.15, 0.2) is 0 Å². The lowest BCUT2D eigenvalue weighted by atomic mass is 10.0. The first-order valence-electron chi connectivity index (χ1n) is 5.05. The van der Waals surface area contributed by atoms with Crippen molar-refractivity contribution in [3.05, 3.63) is 29.3 Å². The number of anilines is 1. The lowest BCUT2D eigenvalue weighted by Crippen LogP contribution is -1.96. The molecule has 0 atom stereocenters. The quantitative estimate of drug-likeness (QED) is 0.743. The second kappa shape index (κ2) is 4.90. The number of nitrogens with one attached hydrogen (secondary N) is 1. The summed E-state index contributed by atoms with van der Waals surface area (Å²) >= 11 is 0. The van der Waals surface area contributed by atoms with Crippen LogP contribution in [0.15, 0.2) is 18.2 Å². The zero-order valence-electron chi connectivity index (χ0n) is 8.85. The Hall–Kier alpha value is -0.980. The molecule has 1 rings (SSSR count). The van der Waals surface area contributed by atoms with Crippen LogP contribution in [0, 0.1) is 6.92 Å². The molecular weight excluding hydrogens is 158 g/mol. The summed E-state index contributed by atoms with van der Waals surface area (Å²) in [5.74, 6) is 0. The first-order valence-corrected chi connectivity index (χ1v) is 5.05. The highest BCUT2D eigenvalue weighted by Gasteiger charge is 2.00. The number of aryl methyl sites for hydroxylation is 1. The van der Waals surface area contributed by atoms with E-state index < -0.39 is 0 Å². The molecule has 0 saturated heterocycles. The molecule has 1 N–H and O–H groups in total. The third-order valence-electron chi connectivity index (χ3n) is 2.51. The van der Waals surface area contributed by atoms with E-state index in [0.29, 0.717) is 0 Å². The second-order valence-corrected chi connectivity index (χ2v) is 3.44. The van der Waals surface area contributed by atoms with Gasteiger partial charge in [-0.15, -0.1) is 0 Å². The normalized spacial score (nSPS) is 10.1. The number of unbranched alkanes of at least 4 members (excludes halogenated alkanes) is 1. The SMILES string of the molecule is CCCCc1cccc(NC)c1C. The Morgan fingerprint density at radius 3 is 2.69 bits per heavy atom. The molecule has 0 spiro atoms. The largest absolute Gasteiger partial charge is 0.388 e. The molecule has 0 bridgehead atoms. The Morgan fingerprint density at radius 2 is 2.08 bits per heavy atom. The molecule has 0 heterocycles. The first-order chi connectivity index (χ1) is 6.29. The Bertz CT molecular complexity index is 266. The van der Waals surface area contributed by atoms with E-state index in [4.69, 9.17) is 0 Å². The van der Waals surface area contributed by atoms with Crippen molar-refractivity contribution >= 4 is 5.69 Å². The van der Waals surface area contributed by atoms with Gasteiger partial charge in [0.05, 0.1) is 0 Å². The number of hydrogen-bond acceptors (Lipinski definition) is 1. The topological polar surface area (TPSA) is 12.0 Å². The average Bonchev–Trinajstić information content (AvgIpc) is 2.16. The molecule has 0 radical (unpaired) electrons. The molecule has 1 aromatic carbocycles. The predicted octanol–water partition coefficient (Wildman–Crippen LogP) is 3.38. The molecule has 0 amide bonds. The molecule has 0 fully saturated rings. The van der Waals surface area contributed by atoms with Gasteiger partial charge in [-0.25, -0.2) is 0 Å². The summed E-state index contributed by atoms with van der Waals surface area (Å²) in [7, 11) is 1.98. The summed E-state index contributed by atoms with van der Waals surface area (Å²) in [4.78, 5) is 0. The Kier molecular flexibility index (Phi) is 3.81. The Balaban J connectivity index is 2.81. The van der Waals surface area contributed by atoms with E-state index in [-0.39, 0.29) is 0 Å². The maximum atomic E-state index is 3.21. The predicted molar refractivity (Wildman–Crippen MR) is 59.3 cm³/mol. The summed E-state index contributed by atoms with van der Waals surface area (Å²) in [6, 6.07) is 6.49. The van der Waals surface area contributed by atoms with Gasteiger partial charge >= 0.3 is 0 Å². The van der Waals surface area contributed by atoms with Crippen LogP contribution in [0.2, 0.25) is 0 Å². The van der Waals surface area contributed by atoms with E-state index in [1.165, 1.54) is 36.1 Å². The van der Waals surface area contributed by atoms with E-state index in [9.17, 15) is 0 Å². The molecule has 1 aromatic rings.